The van der Waals surface area contributed by atoms with Gasteiger partial charge in [0.05, 0.1) is 13.2 Å². The molecule has 1 aliphatic rings. The molecule has 0 aromatic carbocycles. The first kappa shape index (κ1) is 12.2. The molecule has 3 heteroatoms. The minimum absolute atomic E-state index is 0.111. The van der Waals surface area contributed by atoms with Crippen molar-refractivity contribution in [2.75, 3.05) is 26.3 Å². The van der Waals surface area contributed by atoms with Crippen LogP contribution in [0.5, 0.6) is 0 Å². The minimum atomic E-state index is 0.111. The van der Waals surface area contributed by atoms with Gasteiger partial charge >= 0.3 is 0 Å². The summed E-state index contributed by atoms with van der Waals surface area (Å²) in [5, 5.41) is 0. The lowest BCUT2D eigenvalue weighted by atomic mass is 9.90. The third-order valence-corrected chi connectivity index (χ3v) is 2.91. The highest BCUT2D eigenvalue weighted by molar-refractivity contribution is 5.87. The molecule has 0 spiro atoms. The standard InChI is InChI=1S/C12H21NO2/c1-4-12(2,3)6-5-11(14)13-7-9-15-10-8-13/h5-6H,4,7-10H2,1-3H3/b6-5+. The van der Waals surface area contributed by atoms with Gasteiger partial charge in [0.2, 0.25) is 5.91 Å². The molecule has 86 valence electrons. The first-order valence-corrected chi connectivity index (χ1v) is 5.61. The van der Waals surface area contributed by atoms with E-state index < -0.39 is 0 Å². The molecule has 0 aliphatic carbocycles. The molecule has 15 heavy (non-hydrogen) atoms. The van der Waals surface area contributed by atoms with Crippen LogP contribution in [0.1, 0.15) is 27.2 Å². The molecule has 1 amide bonds. The number of rotatable bonds is 3. The monoisotopic (exact) mass is 211 g/mol. The van der Waals surface area contributed by atoms with E-state index in [4.69, 9.17) is 4.74 Å². The van der Waals surface area contributed by atoms with Gasteiger partial charge in [-0.1, -0.05) is 26.8 Å². The summed E-state index contributed by atoms with van der Waals surface area (Å²) in [5.41, 5.74) is 0.113. The number of carbonyl (C=O) groups excluding carboxylic acids is 1. The molecule has 1 aliphatic heterocycles. The van der Waals surface area contributed by atoms with Crippen molar-refractivity contribution in [3.05, 3.63) is 12.2 Å². The van der Waals surface area contributed by atoms with Crippen LogP contribution in [0.3, 0.4) is 0 Å². The van der Waals surface area contributed by atoms with Crippen molar-refractivity contribution in [1.82, 2.24) is 4.90 Å². The zero-order valence-corrected chi connectivity index (χ0v) is 9.95. The van der Waals surface area contributed by atoms with Gasteiger partial charge in [0.25, 0.3) is 0 Å². The number of nitrogens with zero attached hydrogens (tertiary/aromatic N) is 1. The smallest absolute Gasteiger partial charge is 0.246 e. The number of carbonyl (C=O) groups is 1. The number of allylic oxidation sites excluding steroid dienone is 1. The Morgan fingerprint density at radius 1 is 1.40 bits per heavy atom. The lowest BCUT2D eigenvalue weighted by Crippen LogP contribution is -2.39. The van der Waals surface area contributed by atoms with E-state index in [0.717, 1.165) is 19.5 Å². The van der Waals surface area contributed by atoms with Gasteiger partial charge in [0.15, 0.2) is 0 Å². The number of ether oxygens (including phenoxy) is 1. The van der Waals surface area contributed by atoms with E-state index in [9.17, 15) is 4.79 Å². The van der Waals surface area contributed by atoms with E-state index >= 15 is 0 Å². The molecular weight excluding hydrogens is 190 g/mol. The summed E-state index contributed by atoms with van der Waals surface area (Å²) in [6, 6.07) is 0. The molecule has 1 saturated heterocycles. The fraction of sp³-hybridized carbons (Fsp3) is 0.750. The summed E-state index contributed by atoms with van der Waals surface area (Å²) in [4.78, 5) is 13.6. The average Bonchev–Trinajstić information content (AvgIpc) is 2.27. The van der Waals surface area contributed by atoms with Gasteiger partial charge in [0, 0.05) is 13.1 Å². The van der Waals surface area contributed by atoms with E-state index in [0.29, 0.717) is 13.2 Å². The third kappa shape index (κ3) is 4.04. The van der Waals surface area contributed by atoms with Crippen molar-refractivity contribution in [3.8, 4) is 0 Å². The maximum atomic E-state index is 11.7. The number of amides is 1. The summed E-state index contributed by atoms with van der Waals surface area (Å²) >= 11 is 0. The maximum absolute atomic E-state index is 11.7. The molecule has 0 aromatic rings. The van der Waals surface area contributed by atoms with Crippen LogP contribution in [0.2, 0.25) is 0 Å². The Hall–Kier alpha value is -0.830. The van der Waals surface area contributed by atoms with Crippen molar-refractivity contribution in [1.29, 1.82) is 0 Å². The Morgan fingerprint density at radius 3 is 2.53 bits per heavy atom. The lowest BCUT2D eigenvalue weighted by molar-refractivity contribution is -0.130. The highest BCUT2D eigenvalue weighted by Crippen LogP contribution is 2.21. The van der Waals surface area contributed by atoms with Gasteiger partial charge in [-0.05, 0) is 17.9 Å². The van der Waals surface area contributed by atoms with Crippen LogP contribution in [0.15, 0.2) is 12.2 Å². The molecule has 0 radical (unpaired) electrons. The van der Waals surface area contributed by atoms with Crippen molar-refractivity contribution < 1.29 is 9.53 Å². The Labute approximate surface area is 92.1 Å². The van der Waals surface area contributed by atoms with Crippen LogP contribution in [0.25, 0.3) is 0 Å². The Balaban J connectivity index is 2.47. The average molecular weight is 211 g/mol. The highest BCUT2D eigenvalue weighted by atomic mass is 16.5. The topological polar surface area (TPSA) is 29.5 Å². The minimum Gasteiger partial charge on any atom is -0.378 e. The zero-order chi connectivity index (χ0) is 11.3. The predicted octanol–water partition coefficient (Wildman–Crippen LogP) is 1.84. The fourth-order valence-electron chi connectivity index (χ4n) is 1.30. The third-order valence-electron chi connectivity index (χ3n) is 2.91. The predicted molar refractivity (Wildman–Crippen MR) is 60.6 cm³/mol. The summed E-state index contributed by atoms with van der Waals surface area (Å²) in [6.45, 7) is 9.16. The molecule has 1 heterocycles. The second-order valence-corrected chi connectivity index (χ2v) is 4.61. The Morgan fingerprint density at radius 2 is 2.00 bits per heavy atom. The number of hydrogen-bond donors (Lipinski definition) is 0. The fourth-order valence-corrected chi connectivity index (χ4v) is 1.30. The van der Waals surface area contributed by atoms with Crippen molar-refractivity contribution >= 4 is 5.91 Å². The van der Waals surface area contributed by atoms with Crippen LogP contribution >= 0.6 is 0 Å². The second kappa shape index (κ2) is 5.31. The summed E-state index contributed by atoms with van der Waals surface area (Å²) in [7, 11) is 0. The number of hydrogen-bond acceptors (Lipinski definition) is 2. The van der Waals surface area contributed by atoms with E-state index in [2.05, 4.69) is 20.8 Å². The van der Waals surface area contributed by atoms with Crippen LogP contribution in [0, 0.1) is 5.41 Å². The lowest BCUT2D eigenvalue weighted by Gasteiger charge is -2.26. The second-order valence-electron chi connectivity index (χ2n) is 4.61. The van der Waals surface area contributed by atoms with Gasteiger partial charge in [-0.2, -0.15) is 0 Å². The molecule has 0 unspecified atom stereocenters. The van der Waals surface area contributed by atoms with Gasteiger partial charge in [-0.25, -0.2) is 0 Å². The Bertz CT molecular complexity index is 240. The van der Waals surface area contributed by atoms with E-state index in [1.165, 1.54) is 0 Å². The van der Waals surface area contributed by atoms with E-state index in [-0.39, 0.29) is 11.3 Å². The quantitative estimate of drug-likeness (QED) is 0.667. The van der Waals surface area contributed by atoms with E-state index in [1.807, 2.05) is 11.0 Å². The molecule has 0 atom stereocenters. The molecule has 0 N–H and O–H groups in total. The SMILES string of the molecule is CCC(C)(C)/C=C/C(=O)N1CCOCC1. The largest absolute Gasteiger partial charge is 0.378 e. The van der Waals surface area contributed by atoms with Crippen LogP contribution in [-0.2, 0) is 9.53 Å². The maximum Gasteiger partial charge on any atom is 0.246 e. The molecular formula is C12H21NO2. The van der Waals surface area contributed by atoms with Crippen LogP contribution in [0.4, 0.5) is 0 Å². The van der Waals surface area contributed by atoms with Crippen molar-refractivity contribution in [3.63, 3.8) is 0 Å². The first-order chi connectivity index (χ1) is 7.05. The number of morpholine rings is 1. The first-order valence-electron chi connectivity index (χ1n) is 5.61. The van der Waals surface area contributed by atoms with Gasteiger partial charge in [-0.3, -0.25) is 4.79 Å². The molecule has 3 nitrogen and oxygen atoms in total. The normalized spacial score (nSPS) is 18.5. The highest BCUT2D eigenvalue weighted by Gasteiger charge is 2.16. The summed E-state index contributed by atoms with van der Waals surface area (Å²) < 4.78 is 5.20. The molecule has 0 saturated carbocycles. The van der Waals surface area contributed by atoms with Crippen molar-refractivity contribution in [2.45, 2.75) is 27.2 Å². The summed E-state index contributed by atoms with van der Waals surface area (Å²) in [6.07, 6.45) is 4.75. The Kier molecular flexibility index (Phi) is 4.33. The van der Waals surface area contributed by atoms with Gasteiger partial charge in [0.1, 0.15) is 0 Å². The molecule has 1 rings (SSSR count). The zero-order valence-electron chi connectivity index (χ0n) is 9.95. The van der Waals surface area contributed by atoms with E-state index in [1.54, 1.807) is 6.08 Å². The molecule has 1 fully saturated rings. The van der Waals surface area contributed by atoms with Crippen LogP contribution < -0.4 is 0 Å². The van der Waals surface area contributed by atoms with Gasteiger partial charge < -0.3 is 9.64 Å². The molecule has 0 aromatic heterocycles. The molecule has 0 bridgehead atoms. The van der Waals surface area contributed by atoms with Gasteiger partial charge in [-0.15, -0.1) is 0 Å². The van der Waals surface area contributed by atoms with Crippen LogP contribution in [-0.4, -0.2) is 37.1 Å². The summed E-state index contributed by atoms with van der Waals surface area (Å²) in [5.74, 6) is 0.111. The van der Waals surface area contributed by atoms with Crippen molar-refractivity contribution in [2.24, 2.45) is 5.41 Å².